The zero-order valence-corrected chi connectivity index (χ0v) is 13.9. The van der Waals surface area contributed by atoms with Crippen molar-refractivity contribution in [3.05, 3.63) is 20.8 Å². The third-order valence-electron chi connectivity index (χ3n) is 2.47. The van der Waals surface area contributed by atoms with Crippen LogP contribution in [0, 0.1) is 0 Å². The lowest BCUT2D eigenvalue weighted by molar-refractivity contribution is -0.155. The highest BCUT2D eigenvalue weighted by Crippen LogP contribution is 2.33. The Hall–Kier alpha value is -0.350. The van der Waals surface area contributed by atoms with Crippen LogP contribution in [0.5, 0.6) is 0 Å². The summed E-state index contributed by atoms with van der Waals surface area (Å²) in [5.41, 5.74) is -0.399. The molecule has 0 amide bonds. The van der Waals surface area contributed by atoms with Gasteiger partial charge in [0.1, 0.15) is 5.60 Å². The van der Waals surface area contributed by atoms with Gasteiger partial charge in [-0.3, -0.25) is 4.79 Å². The minimum Gasteiger partial charge on any atom is -0.460 e. The van der Waals surface area contributed by atoms with E-state index in [1.54, 1.807) is 11.3 Å². The third kappa shape index (κ3) is 5.53. The normalized spacial score (nSPS) is 13.4. The fourth-order valence-electron chi connectivity index (χ4n) is 1.83. The number of halogens is 1. The Morgan fingerprint density at radius 2 is 2.11 bits per heavy atom. The van der Waals surface area contributed by atoms with Crippen LogP contribution in [0.4, 0.5) is 0 Å². The Balaban J connectivity index is 2.66. The molecule has 1 atom stereocenters. The van der Waals surface area contributed by atoms with Gasteiger partial charge in [-0.05, 0) is 55.3 Å². The first-order valence-corrected chi connectivity index (χ1v) is 7.90. The molecule has 0 aliphatic carbocycles. The van der Waals surface area contributed by atoms with Gasteiger partial charge in [-0.15, -0.1) is 11.3 Å². The van der Waals surface area contributed by atoms with Gasteiger partial charge >= 0.3 is 5.97 Å². The molecule has 0 saturated heterocycles. The second-order valence-corrected chi connectivity index (χ2v) is 7.91. The zero-order valence-electron chi connectivity index (χ0n) is 11.5. The molecule has 0 radical (unpaired) electrons. The Morgan fingerprint density at radius 1 is 1.44 bits per heavy atom. The maximum absolute atomic E-state index is 11.9. The number of esters is 1. The molecule has 0 bridgehead atoms. The lowest BCUT2D eigenvalue weighted by atomic mass is 9.98. The molecule has 18 heavy (non-hydrogen) atoms. The molecule has 1 aromatic heterocycles. The monoisotopic (exact) mass is 332 g/mol. The zero-order chi connectivity index (χ0) is 13.8. The smallest absolute Gasteiger partial charge is 0.306 e. The van der Waals surface area contributed by atoms with Crippen molar-refractivity contribution in [1.29, 1.82) is 0 Å². The van der Waals surface area contributed by atoms with Crippen molar-refractivity contribution >= 4 is 33.2 Å². The molecule has 102 valence electrons. The number of carbonyl (C=O) groups excluding carboxylic acids is 1. The van der Waals surface area contributed by atoms with E-state index < -0.39 is 5.60 Å². The SMILES string of the molecule is CCCC(CC(=O)OC(C)(C)C)c1ccc(Br)s1. The molecule has 1 heterocycles. The highest BCUT2D eigenvalue weighted by Gasteiger charge is 2.22. The lowest BCUT2D eigenvalue weighted by Gasteiger charge is -2.21. The van der Waals surface area contributed by atoms with Crippen molar-refractivity contribution < 1.29 is 9.53 Å². The maximum Gasteiger partial charge on any atom is 0.306 e. The second kappa shape index (κ2) is 6.71. The van der Waals surface area contributed by atoms with Crippen molar-refractivity contribution in [2.45, 2.75) is 58.5 Å². The molecule has 1 rings (SSSR count). The Kier molecular flexibility index (Phi) is 5.86. The van der Waals surface area contributed by atoms with Crippen LogP contribution in [0.3, 0.4) is 0 Å². The number of carbonyl (C=O) groups is 1. The fraction of sp³-hybridized carbons (Fsp3) is 0.643. The Labute approximate surface area is 122 Å². The summed E-state index contributed by atoms with van der Waals surface area (Å²) in [5, 5.41) is 0. The topological polar surface area (TPSA) is 26.3 Å². The van der Waals surface area contributed by atoms with Gasteiger partial charge in [-0.2, -0.15) is 0 Å². The first-order chi connectivity index (χ1) is 8.31. The molecular formula is C14H21BrO2S. The molecule has 0 aliphatic heterocycles. The summed E-state index contributed by atoms with van der Waals surface area (Å²) in [4.78, 5) is 13.2. The van der Waals surface area contributed by atoms with Crippen LogP contribution in [0.1, 0.15) is 57.8 Å². The van der Waals surface area contributed by atoms with Crippen LogP contribution in [0.15, 0.2) is 15.9 Å². The number of hydrogen-bond acceptors (Lipinski definition) is 3. The number of thiophene rings is 1. The summed E-state index contributed by atoms with van der Waals surface area (Å²) >= 11 is 5.17. The number of ether oxygens (including phenoxy) is 1. The molecular weight excluding hydrogens is 312 g/mol. The van der Waals surface area contributed by atoms with Crippen molar-refractivity contribution in [2.75, 3.05) is 0 Å². The van der Waals surface area contributed by atoms with Crippen LogP contribution in [0.2, 0.25) is 0 Å². The van der Waals surface area contributed by atoms with Crippen molar-refractivity contribution in [3.8, 4) is 0 Å². The van der Waals surface area contributed by atoms with E-state index in [0.29, 0.717) is 6.42 Å². The molecule has 0 saturated carbocycles. The van der Waals surface area contributed by atoms with E-state index in [2.05, 4.69) is 28.9 Å². The summed E-state index contributed by atoms with van der Waals surface area (Å²) in [6, 6.07) is 4.14. The molecule has 1 unspecified atom stereocenters. The summed E-state index contributed by atoms with van der Waals surface area (Å²) < 4.78 is 6.51. The molecule has 0 spiro atoms. The second-order valence-electron chi connectivity index (χ2n) is 5.42. The molecule has 4 heteroatoms. The standard InChI is InChI=1S/C14H21BrO2S/c1-5-6-10(11-7-8-12(15)18-11)9-13(16)17-14(2,3)4/h7-8,10H,5-6,9H2,1-4H3. The van der Waals surface area contributed by atoms with Gasteiger partial charge in [0.05, 0.1) is 10.2 Å². The predicted octanol–water partition coefficient (Wildman–Crippen LogP) is 5.13. The highest BCUT2D eigenvalue weighted by atomic mass is 79.9. The minimum absolute atomic E-state index is 0.106. The molecule has 0 N–H and O–H groups in total. The van der Waals surface area contributed by atoms with E-state index in [-0.39, 0.29) is 11.9 Å². The van der Waals surface area contributed by atoms with Gasteiger partial charge in [0.15, 0.2) is 0 Å². The van der Waals surface area contributed by atoms with E-state index in [9.17, 15) is 4.79 Å². The third-order valence-corrected chi connectivity index (χ3v) is 4.25. The molecule has 0 fully saturated rings. The van der Waals surface area contributed by atoms with Crippen LogP contribution in [0.25, 0.3) is 0 Å². The van der Waals surface area contributed by atoms with E-state index in [1.807, 2.05) is 26.8 Å². The van der Waals surface area contributed by atoms with Crippen LogP contribution in [-0.2, 0) is 9.53 Å². The average molecular weight is 333 g/mol. The molecule has 1 aromatic rings. The Bertz CT molecular complexity index is 393. The predicted molar refractivity (Wildman–Crippen MR) is 80.1 cm³/mol. The average Bonchev–Trinajstić information content (AvgIpc) is 2.61. The van der Waals surface area contributed by atoms with Crippen LogP contribution >= 0.6 is 27.3 Å². The summed E-state index contributed by atoms with van der Waals surface area (Å²) in [6.07, 6.45) is 2.56. The number of rotatable bonds is 5. The Morgan fingerprint density at radius 3 is 2.56 bits per heavy atom. The van der Waals surface area contributed by atoms with E-state index in [1.165, 1.54) is 4.88 Å². The van der Waals surface area contributed by atoms with Crippen molar-refractivity contribution in [3.63, 3.8) is 0 Å². The summed E-state index contributed by atoms with van der Waals surface area (Å²) in [6.45, 7) is 7.86. The van der Waals surface area contributed by atoms with E-state index >= 15 is 0 Å². The first kappa shape index (κ1) is 15.7. The summed E-state index contributed by atoms with van der Waals surface area (Å²) in [5.74, 6) is 0.173. The summed E-state index contributed by atoms with van der Waals surface area (Å²) in [7, 11) is 0. The quantitative estimate of drug-likeness (QED) is 0.699. The van der Waals surface area contributed by atoms with E-state index in [0.717, 1.165) is 16.6 Å². The van der Waals surface area contributed by atoms with Gasteiger partial charge in [0.2, 0.25) is 0 Å². The van der Waals surface area contributed by atoms with Gasteiger partial charge < -0.3 is 4.74 Å². The van der Waals surface area contributed by atoms with Crippen molar-refractivity contribution in [2.24, 2.45) is 0 Å². The largest absolute Gasteiger partial charge is 0.460 e. The molecule has 2 nitrogen and oxygen atoms in total. The minimum atomic E-state index is -0.399. The van der Waals surface area contributed by atoms with Gasteiger partial charge in [0.25, 0.3) is 0 Å². The molecule has 0 aromatic carbocycles. The van der Waals surface area contributed by atoms with Crippen LogP contribution < -0.4 is 0 Å². The van der Waals surface area contributed by atoms with E-state index in [4.69, 9.17) is 4.74 Å². The van der Waals surface area contributed by atoms with Gasteiger partial charge in [-0.1, -0.05) is 13.3 Å². The van der Waals surface area contributed by atoms with Crippen LogP contribution in [-0.4, -0.2) is 11.6 Å². The lowest BCUT2D eigenvalue weighted by Crippen LogP contribution is -2.24. The van der Waals surface area contributed by atoms with Gasteiger partial charge in [-0.25, -0.2) is 0 Å². The van der Waals surface area contributed by atoms with Crippen molar-refractivity contribution in [1.82, 2.24) is 0 Å². The van der Waals surface area contributed by atoms with Gasteiger partial charge in [0, 0.05) is 10.8 Å². The number of hydrogen-bond donors (Lipinski definition) is 0. The molecule has 0 aliphatic rings. The fourth-order valence-corrected chi connectivity index (χ4v) is 3.38. The first-order valence-electron chi connectivity index (χ1n) is 6.29. The maximum atomic E-state index is 11.9. The highest BCUT2D eigenvalue weighted by molar-refractivity contribution is 9.11.